The summed E-state index contributed by atoms with van der Waals surface area (Å²) >= 11 is 0. The average molecular weight is 261 g/mol. The van der Waals surface area contributed by atoms with E-state index in [1.807, 2.05) is 25.1 Å². The van der Waals surface area contributed by atoms with E-state index < -0.39 is 0 Å². The first-order valence-electron chi connectivity index (χ1n) is 7.59. The lowest BCUT2D eigenvalue weighted by Gasteiger charge is -2.34. The zero-order valence-electron chi connectivity index (χ0n) is 12.5. The molecule has 0 aromatic heterocycles. The molecule has 0 amide bonds. The van der Waals surface area contributed by atoms with Crippen molar-refractivity contribution in [3.8, 4) is 5.75 Å². The second kappa shape index (κ2) is 6.42. The molecule has 0 bridgehead atoms. The summed E-state index contributed by atoms with van der Waals surface area (Å²) in [6.07, 6.45) is 6.68. The first-order chi connectivity index (χ1) is 9.11. The molecule has 2 rings (SSSR count). The number of para-hydroxylation sites is 1. The minimum Gasteiger partial charge on any atom is -0.507 e. The van der Waals surface area contributed by atoms with Crippen molar-refractivity contribution < 1.29 is 5.11 Å². The molecule has 2 nitrogen and oxygen atoms in total. The Morgan fingerprint density at radius 3 is 2.53 bits per heavy atom. The molecule has 0 unspecified atom stereocenters. The van der Waals surface area contributed by atoms with Crippen molar-refractivity contribution in [1.82, 2.24) is 4.90 Å². The predicted octanol–water partition coefficient (Wildman–Crippen LogP) is 4.10. The summed E-state index contributed by atoms with van der Waals surface area (Å²) in [5.74, 6) is 1.41. The molecular weight excluding hydrogens is 234 g/mol. The average Bonchev–Trinajstić information content (AvgIpc) is 2.44. The molecule has 19 heavy (non-hydrogen) atoms. The highest BCUT2D eigenvalue weighted by Gasteiger charge is 2.23. The van der Waals surface area contributed by atoms with Crippen LogP contribution in [0, 0.1) is 12.8 Å². The van der Waals surface area contributed by atoms with Crippen LogP contribution in [0.3, 0.4) is 0 Å². The molecule has 106 valence electrons. The van der Waals surface area contributed by atoms with Crippen LogP contribution in [0.4, 0.5) is 0 Å². The van der Waals surface area contributed by atoms with Gasteiger partial charge < -0.3 is 5.11 Å². The van der Waals surface area contributed by atoms with E-state index in [0.717, 1.165) is 23.6 Å². The Balaban J connectivity index is 1.94. The van der Waals surface area contributed by atoms with E-state index in [-0.39, 0.29) is 0 Å². The van der Waals surface area contributed by atoms with Crippen LogP contribution in [-0.4, -0.2) is 23.1 Å². The van der Waals surface area contributed by atoms with Gasteiger partial charge in [0.15, 0.2) is 0 Å². The lowest BCUT2D eigenvalue weighted by molar-refractivity contribution is 0.156. The van der Waals surface area contributed by atoms with Gasteiger partial charge in [-0.15, -0.1) is 0 Å². The SMILES string of the molecule is CCC1CCC(N(C)Cc2cccc(C)c2O)CC1. The Morgan fingerprint density at radius 1 is 1.21 bits per heavy atom. The van der Waals surface area contributed by atoms with Gasteiger partial charge in [-0.25, -0.2) is 0 Å². The monoisotopic (exact) mass is 261 g/mol. The van der Waals surface area contributed by atoms with Gasteiger partial charge in [0.1, 0.15) is 5.75 Å². The quantitative estimate of drug-likeness (QED) is 0.882. The largest absolute Gasteiger partial charge is 0.507 e. The molecule has 1 aromatic carbocycles. The number of nitrogens with zero attached hydrogens (tertiary/aromatic N) is 1. The van der Waals surface area contributed by atoms with Gasteiger partial charge in [0, 0.05) is 18.2 Å². The third kappa shape index (κ3) is 3.50. The van der Waals surface area contributed by atoms with Gasteiger partial charge >= 0.3 is 0 Å². The van der Waals surface area contributed by atoms with Gasteiger partial charge in [-0.1, -0.05) is 31.5 Å². The zero-order chi connectivity index (χ0) is 13.8. The molecular formula is C17H27NO. The summed E-state index contributed by atoms with van der Waals surface area (Å²) in [6.45, 7) is 5.12. The predicted molar refractivity (Wildman–Crippen MR) is 80.3 cm³/mol. The molecule has 0 saturated heterocycles. The van der Waals surface area contributed by atoms with Crippen LogP contribution in [-0.2, 0) is 6.54 Å². The Hall–Kier alpha value is -1.02. The van der Waals surface area contributed by atoms with E-state index in [9.17, 15) is 5.11 Å². The standard InChI is InChI=1S/C17H27NO/c1-4-14-8-10-16(11-9-14)18(3)12-15-7-5-6-13(2)17(15)19/h5-7,14,16,19H,4,8-12H2,1-3H3. The minimum atomic E-state index is 0.469. The highest BCUT2D eigenvalue weighted by Crippen LogP contribution is 2.30. The number of benzene rings is 1. The summed E-state index contributed by atoms with van der Waals surface area (Å²) in [5, 5.41) is 10.1. The molecule has 1 aliphatic carbocycles. The summed E-state index contributed by atoms with van der Waals surface area (Å²) in [4.78, 5) is 2.42. The highest BCUT2D eigenvalue weighted by molar-refractivity contribution is 5.39. The fraction of sp³-hybridized carbons (Fsp3) is 0.647. The summed E-state index contributed by atoms with van der Waals surface area (Å²) in [5.41, 5.74) is 2.03. The topological polar surface area (TPSA) is 23.5 Å². The van der Waals surface area contributed by atoms with Crippen molar-refractivity contribution in [2.75, 3.05) is 7.05 Å². The summed E-state index contributed by atoms with van der Waals surface area (Å²) < 4.78 is 0. The maximum absolute atomic E-state index is 10.1. The van der Waals surface area contributed by atoms with Crippen molar-refractivity contribution in [2.45, 2.75) is 58.5 Å². The summed E-state index contributed by atoms with van der Waals surface area (Å²) in [7, 11) is 2.19. The van der Waals surface area contributed by atoms with E-state index in [0.29, 0.717) is 11.8 Å². The second-order valence-electron chi connectivity index (χ2n) is 6.08. The molecule has 0 radical (unpaired) electrons. The van der Waals surface area contributed by atoms with E-state index in [1.165, 1.54) is 32.1 Å². The van der Waals surface area contributed by atoms with Crippen LogP contribution < -0.4 is 0 Å². The third-order valence-electron chi connectivity index (χ3n) is 4.76. The maximum atomic E-state index is 10.1. The van der Waals surface area contributed by atoms with E-state index in [2.05, 4.69) is 18.9 Å². The van der Waals surface area contributed by atoms with Crippen molar-refractivity contribution >= 4 is 0 Å². The number of aromatic hydroxyl groups is 1. The van der Waals surface area contributed by atoms with Crippen LogP contribution >= 0.6 is 0 Å². The number of aryl methyl sites for hydroxylation is 1. The van der Waals surface area contributed by atoms with Gasteiger partial charge in [-0.3, -0.25) is 4.90 Å². The molecule has 2 heteroatoms. The zero-order valence-corrected chi connectivity index (χ0v) is 12.5. The number of phenolic OH excluding ortho intramolecular Hbond substituents is 1. The lowest BCUT2D eigenvalue weighted by atomic mass is 9.84. The van der Waals surface area contributed by atoms with Gasteiger partial charge in [0.05, 0.1) is 0 Å². The van der Waals surface area contributed by atoms with Crippen LogP contribution in [0.5, 0.6) is 5.75 Å². The highest BCUT2D eigenvalue weighted by atomic mass is 16.3. The van der Waals surface area contributed by atoms with E-state index >= 15 is 0 Å². The summed E-state index contributed by atoms with van der Waals surface area (Å²) in [6, 6.07) is 6.72. The molecule has 0 atom stereocenters. The molecule has 1 saturated carbocycles. The van der Waals surface area contributed by atoms with Crippen LogP contribution in [0.15, 0.2) is 18.2 Å². The molecule has 1 aliphatic rings. The lowest BCUT2D eigenvalue weighted by Crippen LogP contribution is -2.34. The van der Waals surface area contributed by atoms with Crippen LogP contribution in [0.1, 0.15) is 50.2 Å². The Morgan fingerprint density at radius 2 is 1.89 bits per heavy atom. The normalized spacial score (nSPS) is 23.8. The Bertz CT molecular complexity index is 408. The molecule has 0 spiro atoms. The molecule has 1 aromatic rings. The van der Waals surface area contributed by atoms with E-state index in [1.54, 1.807) is 0 Å². The van der Waals surface area contributed by atoms with Gasteiger partial charge in [0.2, 0.25) is 0 Å². The number of phenols is 1. The maximum Gasteiger partial charge on any atom is 0.122 e. The van der Waals surface area contributed by atoms with Crippen molar-refractivity contribution in [3.05, 3.63) is 29.3 Å². The van der Waals surface area contributed by atoms with Crippen molar-refractivity contribution in [2.24, 2.45) is 5.92 Å². The second-order valence-corrected chi connectivity index (χ2v) is 6.08. The van der Waals surface area contributed by atoms with Crippen LogP contribution in [0.2, 0.25) is 0 Å². The molecule has 1 N–H and O–H groups in total. The van der Waals surface area contributed by atoms with E-state index in [4.69, 9.17) is 0 Å². The van der Waals surface area contributed by atoms with Crippen LogP contribution in [0.25, 0.3) is 0 Å². The minimum absolute atomic E-state index is 0.469. The Kier molecular flexibility index (Phi) is 4.87. The van der Waals surface area contributed by atoms with Gasteiger partial charge in [-0.05, 0) is 51.1 Å². The first kappa shape index (κ1) is 14.4. The number of rotatable bonds is 4. The van der Waals surface area contributed by atoms with Gasteiger partial charge in [0.25, 0.3) is 0 Å². The number of hydrogen-bond acceptors (Lipinski definition) is 2. The van der Waals surface area contributed by atoms with Crippen molar-refractivity contribution in [3.63, 3.8) is 0 Å². The fourth-order valence-corrected chi connectivity index (χ4v) is 3.24. The molecule has 0 aliphatic heterocycles. The van der Waals surface area contributed by atoms with Gasteiger partial charge in [-0.2, -0.15) is 0 Å². The first-order valence-corrected chi connectivity index (χ1v) is 7.59. The molecule has 0 heterocycles. The smallest absolute Gasteiger partial charge is 0.122 e. The third-order valence-corrected chi connectivity index (χ3v) is 4.76. The Labute approximate surface area is 117 Å². The van der Waals surface area contributed by atoms with Crippen molar-refractivity contribution in [1.29, 1.82) is 0 Å². The fourth-order valence-electron chi connectivity index (χ4n) is 3.24. The molecule has 1 fully saturated rings. The number of hydrogen-bond donors (Lipinski definition) is 1.